The minimum Gasteiger partial charge on any atom is -0.310 e. The van der Waals surface area contributed by atoms with Crippen molar-refractivity contribution in [3.05, 3.63) is 143 Å². The highest BCUT2D eigenvalue weighted by Gasteiger charge is 2.26. The van der Waals surface area contributed by atoms with Crippen LogP contribution < -0.4 is 5.32 Å². The average molecular weight is 644 g/mol. The van der Waals surface area contributed by atoms with Gasteiger partial charge >= 0.3 is 0 Å². The quantitative estimate of drug-likeness (QED) is 0.146. The number of hydrogen-bond acceptors (Lipinski definition) is 4. The Morgan fingerprint density at radius 3 is 2.09 bits per heavy atom. The van der Waals surface area contributed by atoms with Gasteiger partial charge in [-0.05, 0) is 65.8 Å². The molecule has 1 unspecified atom stereocenters. The molecule has 0 radical (unpaired) electrons. The normalized spacial score (nSPS) is 17.1. The first-order valence-electron chi connectivity index (χ1n) is 17.4. The van der Waals surface area contributed by atoms with Crippen molar-refractivity contribution in [3.63, 3.8) is 0 Å². The Labute approximate surface area is 285 Å². The van der Waals surface area contributed by atoms with E-state index in [0.29, 0.717) is 5.92 Å². The first-order chi connectivity index (χ1) is 23.2. The summed E-state index contributed by atoms with van der Waals surface area (Å²) in [4.78, 5) is 5.19. The fourth-order valence-electron chi connectivity index (χ4n) is 7.44. The molecule has 1 atom stereocenters. The molecule has 2 heterocycles. The number of piperazine rings is 1. The van der Waals surface area contributed by atoms with Crippen LogP contribution in [0.2, 0.25) is 5.02 Å². The summed E-state index contributed by atoms with van der Waals surface area (Å²) in [5.41, 5.74) is 8.65. The SMILES string of the molecule is Clc1ccc(C(c2ccccc2)N2CCN(CCNCc3cc(-c4ccc(C5CCCCC5)cc4)n(-c4ccccc4)n3)CC2)cc1. The van der Waals surface area contributed by atoms with Crippen molar-refractivity contribution >= 4 is 11.6 Å². The molecule has 7 rings (SSSR count). The van der Waals surface area contributed by atoms with Crippen LogP contribution in [-0.2, 0) is 6.54 Å². The van der Waals surface area contributed by atoms with E-state index in [9.17, 15) is 0 Å². The summed E-state index contributed by atoms with van der Waals surface area (Å²) in [6, 6.07) is 41.5. The van der Waals surface area contributed by atoms with Crippen LogP contribution in [0, 0.1) is 0 Å². The average Bonchev–Trinajstić information content (AvgIpc) is 3.57. The number of halogens is 1. The van der Waals surface area contributed by atoms with Crippen LogP contribution in [0.25, 0.3) is 16.9 Å². The maximum atomic E-state index is 6.23. The molecule has 6 heteroatoms. The summed E-state index contributed by atoms with van der Waals surface area (Å²) in [6.07, 6.45) is 6.75. The van der Waals surface area contributed by atoms with Gasteiger partial charge in [-0.3, -0.25) is 9.80 Å². The lowest BCUT2D eigenvalue weighted by atomic mass is 9.84. The van der Waals surface area contributed by atoms with E-state index in [4.69, 9.17) is 16.7 Å². The lowest BCUT2D eigenvalue weighted by Gasteiger charge is -2.39. The third-order valence-corrected chi connectivity index (χ3v) is 10.3. The molecule has 1 aliphatic carbocycles. The molecule has 5 aromatic rings. The Bertz CT molecular complexity index is 1670. The molecular weight excluding hydrogens is 598 g/mol. The highest BCUT2D eigenvalue weighted by molar-refractivity contribution is 6.30. The summed E-state index contributed by atoms with van der Waals surface area (Å²) in [5.74, 6) is 0.716. The van der Waals surface area contributed by atoms with Crippen molar-refractivity contribution in [1.82, 2.24) is 24.9 Å². The van der Waals surface area contributed by atoms with Gasteiger partial charge in [0.2, 0.25) is 0 Å². The topological polar surface area (TPSA) is 36.3 Å². The van der Waals surface area contributed by atoms with Crippen molar-refractivity contribution < 1.29 is 0 Å². The second-order valence-corrected chi connectivity index (χ2v) is 13.6. The van der Waals surface area contributed by atoms with Crippen LogP contribution in [0.5, 0.6) is 0 Å². The molecule has 0 bridgehead atoms. The molecule has 242 valence electrons. The van der Waals surface area contributed by atoms with Crippen molar-refractivity contribution in [3.8, 4) is 16.9 Å². The minimum absolute atomic E-state index is 0.242. The third-order valence-electron chi connectivity index (χ3n) is 10.0. The molecule has 0 amide bonds. The highest BCUT2D eigenvalue weighted by atomic mass is 35.5. The third kappa shape index (κ3) is 7.88. The van der Waals surface area contributed by atoms with E-state index in [1.165, 1.54) is 54.4 Å². The molecule has 0 spiro atoms. The van der Waals surface area contributed by atoms with E-state index < -0.39 is 0 Å². The number of benzene rings is 4. The van der Waals surface area contributed by atoms with Gasteiger partial charge in [-0.15, -0.1) is 0 Å². The Kier molecular flexibility index (Phi) is 10.5. The smallest absolute Gasteiger partial charge is 0.0773 e. The molecule has 1 N–H and O–H groups in total. The second kappa shape index (κ2) is 15.4. The highest BCUT2D eigenvalue weighted by Crippen LogP contribution is 2.34. The summed E-state index contributed by atoms with van der Waals surface area (Å²) in [7, 11) is 0. The molecule has 47 heavy (non-hydrogen) atoms. The zero-order valence-electron chi connectivity index (χ0n) is 27.3. The van der Waals surface area contributed by atoms with Gasteiger partial charge in [0, 0.05) is 56.4 Å². The van der Waals surface area contributed by atoms with Crippen LogP contribution in [0.3, 0.4) is 0 Å². The molecule has 1 aliphatic heterocycles. The summed E-state index contributed by atoms with van der Waals surface area (Å²) >= 11 is 6.23. The molecule has 5 nitrogen and oxygen atoms in total. The van der Waals surface area contributed by atoms with Crippen LogP contribution >= 0.6 is 11.6 Å². The predicted octanol–water partition coefficient (Wildman–Crippen LogP) is 8.74. The molecule has 1 saturated heterocycles. The van der Waals surface area contributed by atoms with Crippen molar-refractivity contribution in [2.24, 2.45) is 0 Å². The van der Waals surface area contributed by atoms with E-state index in [-0.39, 0.29) is 6.04 Å². The van der Waals surface area contributed by atoms with E-state index in [1.807, 2.05) is 12.1 Å². The van der Waals surface area contributed by atoms with Gasteiger partial charge in [0.15, 0.2) is 0 Å². The van der Waals surface area contributed by atoms with Gasteiger partial charge in [-0.2, -0.15) is 5.10 Å². The molecule has 1 aromatic heterocycles. The Morgan fingerprint density at radius 2 is 1.38 bits per heavy atom. The van der Waals surface area contributed by atoms with Crippen LogP contribution in [-0.4, -0.2) is 58.8 Å². The molecule has 4 aromatic carbocycles. The van der Waals surface area contributed by atoms with E-state index in [1.54, 1.807) is 0 Å². The first-order valence-corrected chi connectivity index (χ1v) is 17.8. The Morgan fingerprint density at radius 1 is 0.723 bits per heavy atom. The molecule has 1 saturated carbocycles. The van der Waals surface area contributed by atoms with Crippen molar-refractivity contribution in [2.75, 3.05) is 39.3 Å². The minimum atomic E-state index is 0.242. The van der Waals surface area contributed by atoms with Crippen LogP contribution in [0.15, 0.2) is 115 Å². The maximum absolute atomic E-state index is 6.23. The van der Waals surface area contributed by atoms with Crippen molar-refractivity contribution in [1.29, 1.82) is 0 Å². The lowest BCUT2D eigenvalue weighted by molar-refractivity contribution is 0.110. The monoisotopic (exact) mass is 643 g/mol. The maximum Gasteiger partial charge on any atom is 0.0773 e. The van der Waals surface area contributed by atoms with E-state index >= 15 is 0 Å². The summed E-state index contributed by atoms with van der Waals surface area (Å²) in [5, 5.41) is 9.55. The number of nitrogens with zero attached hydrogens (tertiary/aromatic N) is 4. The zero-order chi connectivity index (χ0) is 31.8. The number of aromatic nitrogens is 2. The number of para-hydroxylation sites is 1. The summed E-state index contributed by atoms with van der Waals surface area (Å²) in [6.45, 7) is 6.89. The van der Waals surface area contributed by atoms with E-state index in [0.717, 1.165) is 67.9 Å². The Balaban J connectivity index is 0.960. The van der Waals surface area contributed by atoms with Gasteiger partial charge < -0.3 is 5.32 Å². The van der Waals surface area contributed by atoms with Crippen molar-refractivity contribution in [2.45, 2.75) is 50.6 Å². The fraction of sp³-hybridized carbons (Fsp3) is 0.341. The van der Waals surface area contributed by atoms with Crippen LogP contribution in [0.4, 0.5) is 0 Å². The second-order valence-electron chi connectivity index (χ2n) is 13.1. The van der Waals surface area contributed by atoms with Gasteiger partial charge in [0.1, 0.15) is 0 Å². The molecular formula is C41H46ClN5. The predicted molar refractivity (Wildman–Crippen MR) is 194 cm³/mol. The molecule has 2 aliphatic rings. The standard InChI is InChI=1S/C41H46ClN5/c42-37-22-20-36(21-23-37)41(35-12-6-2-7-13-35)46-28-26-45(27-29-46)25-24-43-31-38-30-40(47(44-38)39-14-8-3-9-15-39)34-18-16-33(17-19-34)32-10-4-1-5-11-32/h2-3,6-9,12-23,30,32,41,43H,1,4-5,10-11,24-29,31H2. The van der Waals surface area contributed by atoms with E-state index in [2.05, 4.69) is 123 Å². The number of nitrogens with one attached hydrogen (secondary N) is 1. The lowest BCUT2D eigenvalue weighted by Crippen LogP contribution is -2.49. The number of rotatable bonds is 11. The van der Waals surface area contributed by atoms with Crippen LogP contribution in [0.1, 0.15) is 66.4 Å². The molecule has 2 fully saturated rings. The number of hydrogen-bond donors (Lipinski definition) is 1. The van der Waals surface area contributed by atoms with Gasteiger partial charge in [0.25, 0.3) is 0 Å². The Hall–Kier alpha value is -3.74. The van der Waals surface area contributed by atoms with Gasteiger partial charge in [-0.1, -0.05) is 116 Å². The van der Waals surface area contributed by atoms with Gasteiger partial charge in [0.05, 0.1) is 23.1 Å². The van der Waals surface area contributed by atoms with Gasteiger partial charge in [-0.25, -0.2) is 4.68 Å². The largest absolute Gasteiger partial charge is 0.310 e. The summed E-state index contributed by atoms with van der Waals surface area (Å²) < 4.78 is 2.11. The fourth-order valence-corrected chi connectivity index (χ4v) is 7.57. The zero-order valence-corrected chi connectivity index (χ0v) is 28.0. The first kappa shape index (κ1) is 31.8.